The summed E-state index contributed by atoms with van der Waals surface area (Å²) in [4.78, 5) is 1.14. The second-order valence-corrected chi connectivity index (χ2v) is 6.18. The van der Waals surface area contributed by atoms with E-state index < -0.39 is 0 Å². The lowest BCUT2D eigenvalue weighted by atomic mass is 10.2. The number of benzene rings is 1. The first kappa shape index (κ1) is 13.4. The summed E-state index contributed by atoms with van der Waals surface area (Å²) >= 11 is 13.6. The van der Waals surface area contributed by atoms with E-state index in [9.17, 15) is 0 Å². The molecular formula is C12H9Cl2N5S. The molecule has 0 aliphatic heterocycles. The number of halogens is 2. The first-order valence-corrected chi connectivity index (χ1v) is 7.30. The maximum Gasteiger partial charge on any atom is 0.143 e. The van der Waals surface area contributed by atoms with Crippen molar-refractivity contribution < 1.29 is 0 Å². The molecule has 0 aliphatic carbocycles. The molecule has 8 heteroatoms. The van der Waals surface area contributed by atoms with E-state index in [1.807, 2.05) is 30.3 Å². The van der Waals surface area contributed by atoms with Crippen LogP contribution in [0.3, 0.4) is 0 Å². The molecule has 0 saturated carbocycles. The molecule has 1 aromatic carbocycles. The van der Waals surface area contributed by atoms with Crippen molar-refractivity contribution in [3.63, 3.8) is 0 Å². The Kier molecular flexibility index (Phi) is 3.86. The summed E-state index contributed by atoms with van der Waals surface area (Å²) in [5.41, 5.74) is 1.66. The Morgan fingerprint density at radius 1 is 1.20 bits per heavy atom. The molecule has 0 amide bonds. The minimum absolute atomic E-state index is 0.643. The van der Waals surface area contributed by atoms with Crippen LogP contribution in [0.2, 0.25) is 9.36 Å². The van der Waals surface area contributed by atoms with Crippen LogP contribution in [0, 0.1) is 0 Å². The highest BCUT2D eigenvalue weighted by Crippen LogP contribution is 2.27. The Balaban J connectivity index is 1.80. The van der Waals surface area contributed by atoms with E-state index in [1.165, 1.54) is 17.7 Å². The van der Waals surface area contributed by atoms with Gasteiger partial charge in [0, 0.05) is 11.4 Å². The van der Waals surface area contributed by atoms with Crippen LogP contribution in [0.5, 0.6) is 0 Å². The molecule has 0 fully saturated rings. The summed E-state index contributed by atoms with van der Waals surface area (Å²) in [7, 11) is 0. The van der Waals surface area contributed by atoms with Gasteiger partial charge in [-0.25, -0.2) is 4.68 Å². The van der Waals surface area contributed by atoms with Crippen LogP contribution >= 0.6 is 34.5 Å². The van der Waals surface area contributed by atoms with E-state index in [0.717, 1.165) is 20.6 Å². The minimum atomic E-state index is 0.643. The van der Waals surface area contributed by atoms with Crippen molar-refractivity contribution in [2.24, 2.45) is 0 Å². The molecule has 0 bridgehead atoms. The second-order valence-electron chi connectivity index (χ2n) is 3.98. The molecule has 0 radical (unpaired) electrons. The largest absolute Gasteiger partial charge is 0.379 e. The molecule has 0 spiro atoms. The summed E-state index contributed by atoms with van der Waals surface area (Å²) in [5.74, 6) is 0. The fourth-order valence-corrected chi connectivity index (χ4v) is 2.91. The van der Waals surface area contributed by atoms with Gasteiger partial charge in [-0.15, -0.1) is 16.4 Å². The van der Waals surface area contributed by atoms with Gasteiger partial charge in [0.25, 0.3) is 0 Å². The van der Waals surface area contributed by atoms with Gasteiger partial charge in [0.15, 0.2) is 0 Å². The molecule has 2 heterocycles. The molecule has 0 aliphatic rings. The van der Waals surface area contributed by atoms with E-state index in [-0.39, 0.29) is 0 Å². The minimum Gasteiger partial charge on any atom is -0.379 e. The monoisotopic (exact) mass is 325 g/mol. The van der Waals surface area contributed by atoms with Crippen molar-refractivity contribution >= 4 is 40.2 Å². The number of hydrogen-bond donors (Lipinski definition) is 1. The third-order valence-electron chi connectivity index (χ3n) is 2.65. The highest BCUT2D eigenvalue weighted by molar-refractivity contribution is 7.16. The zero-order chi connectivity index (χ0) is 13.9. The molecular weight excluding hydrogens is 317 g/mol. The Hall–Kier alpha value is -1.63. The number of thiophene rings is 1. The predicted octanol–water partition coefficient (Wildman–Crippen LogP) is 3.64. The van der Waals surface area contributed by atoms with E-state index in [2.05, 4.69) is 20.8 Å². The van der Waals surface area contributed by atoms with Crippen LogP contribution in [0.1, 0.15) is 4.88 Å². The Morgan fingerprint density at radius 2 is 2.10 bits per heavy atom. The van der Waals surface area contributed by atoms with Crippen LogP contribution in [-0.2, 0) is 6.54 Å². The summed E-state index contributed by atoms with van der Waals surface area (Å²) in [5, 5.41) is 15.0. The second kappa shape index (κ2) is 5.78. The third kappa shape index (κ3) is 2.92. The Morgan fingerprint density at radius 3 is 2.80 bits per heavy atom. The molecule has 3 rings (SSSR count). The number of tetrazole rings is 1. The Labute approximate surface area is 129 Å². The van der Waals surface area contributed by atoms with Gasteiger partial charge in [-0.1, -0.05) is 23.2 Å². The molecule has 0 atom stereocenters. The van der Waals surface area contributed by atoms with Crippen molar-refractivity contribution in [3.8, 4) is 5.69 Å². The van der Waals surface area contributed by atoms with Crippen LogP contribution in [-0.4, -0.2) is 20.2 Å². The summed E-state index contributed by atoms with van der Waals surface area (Å²) < 4.78 is 2.35. The van der Waals surface area contributed by atoms with Gasteiger partial charge in [-0.05, 0) is 40.8 Å². The number of nitrogens with one attached hydrogen (secondary N) is 1. The van der Waals surface area contributed by atoms with Gasteiger partial charge in [-0.2, -0.15) is 0 Å². The van der Waals surface area contributed by atoms with Crippen molar-refractivity contribution in [2.45, 2.75) is 6.54 Å². The SMILES string of the molecule is Clc1ccc(CNc2cc(-n3cnnn3)ccc2Cl)s1. The maximum absolute atomic E-state index is 6.18. The first-order chi connectivity index (χ1) is 9.72. The van der Waals surface area contributed by atoms with Gasteiger partial charge in [0.05, 0.1) is 20.7 Å². The molecule has 1 N–H and O–H groups in total. The zero-order valence-electron chi connectivity index (χ0n) is 10.1. The highest BCUT2D eigenvalue weighted by Gasteiger charge is 2.05. The quantitative estimate of drug-likeness (QED) is 0.795. The van der Waals surface area contributed by atoms with E-state index >= 15 is 0 Å². The molecule has 3 aromatic rings. The fourth-order valence-electron chi connectivity index (χ4n) is 1.70. The van der Waals surface area contributed by atoms with Crippen molar-refractivity contribution in [3.05, 3.63) is 50.9 Å². The average Bonchev–Trinajstić information content (AvgIpc) is 3.09. The summed E-state index contributed by atoms with van der Waals surface area (Å²) in [6.45, 7) is 0.663. The van der Waals surface area contributed by atoms with E-state index in [1.54, 1.807) is 4.68 Å². The molecule has 20 heavy (non-hydrogen) atoms. The van der Waals surface area contributed by atoms with E-state index in [4.69, 9.17) is 23.2 Å². The van der Waals surface area contributed by atoms with Crippen LogP contribution in [0.25, 0.3) is 5.69 Å². The number of rotatable bonds is 4. The Bertz CT molecular complexity index is 710. The lowest BCUT2D eigenvalue weighted by molar-refractivity contribution is 0.789. The highest BCUT2D eigenvalue weighted by atomic mass is 35.5. The van der Waals surface area contributed by atoms with E-state index in [0.29, 0.717) is 11.6 Å². The molecule has 102 valence electrons. The molecule has 2 aromatic heterocycles. The van der Waals surface area contributed by atoms with Crippen molar-refractivity contribution in [1.29, 1.82) is 0 Å². The van der Waals surface area contributed by atoms with Crippen molar-refractivity contribution in [2.75, 3.05) is 5.32 Å². The average molecular weight is 326 g/mol. The van der Waals surface area contributed by atoms with Gasteiger partial charge in [0.1, 0.15) is 6.33 Å². The zero-order valence-corrected chi connectivity index (χ0v) is 12.5. The number of anilines is 1. The number of nitrogens with zero attached hydrogens (tertiary/aromatic N) is 4. The van der Waals surface area contributed by atoms with Gasteiger partial charge in [0.2, 0.25) is 0 Å². The predicted molar refractivity (Wildman–Crippen MR) is 80.8 cm³/mol. The number of aromatic nitrogens is 4. The lowest BCUT2D eigenvalue weighted by Gasteiger charge is -2.09. The maximum atomic E-state index is 6.18. The molecule has 0 saturated heterocycles. The lowest BCUT2D eigenvalue weighted by Crippen LogP contribution is -2.01. The van der Waals surface area contributed by atoms with Gasteiger partial charge < -0.3 is 5.32 Å². The van der Waals surface area contributed by atoms with Crippen molar-refractivity contribution in [1.82, 2.24) is 20.2 Å². The first-order valence-electron chi connectivity index (χ1n) is 5.73. The topological polar surface area (TPSA) is 55.6 Å². The van der Waals surface area contributed by atoms with Crippen LogP contribution in [0.15, 0.2) is 36.7 Å². The smallest absolute Gasteiger partial charge is 0.143 e. The van der Waals surface area contributed by atoms with Crippen LogP contribution < -0.4 is 5.32 Å². The van der Waals surface area contributed by atoms with Crippen LogP contribution in [0.4, 0.5) is 5.69 Å². The molecule has 0 unspecified atom stereocenters. The number of hydrogen-bond acceptors (Lipinski definition) is 5. The third-order valence-corrected chi connectivity index (χ3v) is 4.21. The fraction of sp³-hybridized carbons (Fsp3) is 0.0833. The van der Waals surface area contributed by atoms with Gasteiger partial charge >= 0.3 is 0 Å². The van der Waals surface area contributed by atoms with Gasteiger partial charge in [-0.3, -0.25) is 0 Å². The standard InChI is InChI=1S/C12H9Cl2N5S/c13-10-3-1-8(19-7-16-17-18-19)5-11(10)15-6-9-2-4-12(14)20-9/h1-5,7,15H,6H2. The summed E-state index contributed by atoms with van der Waals surface area (Å²) in [6, 6.07) is 9.42. The normalized spacial score (nSPS) is 10.7. The summed E-state index contributed by atoms with van der Waals surface area (Å²) in [6.07, 6.45) is 1.53. The molecule has 5 nitrogen and oxygen atoms in total.